The van der Waals surface area contributed by atoms with Crippen LogP contribution in [0.5, 0.6) is 0 Å². The largest absolute Gasteiger partial charge is 0.286 e. The van der Waals surface area contributed by atoms with Gasteiger partial charge in [0.25, 0.3) is 10.1 Å². The summed E-state index contributed by atoms with van der Waals surface area (Å²) in [5, 5.41) is 0. The lowest BCUT2D eigenvalue weighted by molar-refractivity contribution is 0.478. The summed E-state index contributed by atoms with van der Waals surface area (Å²) in [6.45, 7) is 4.42. The van der Waals surface area contributed by atoms with E-state index in [2.05, 4.69) is 19.8 Å². The first-order valence-corrected chi connectivity index (χ1v) is 13.5. The third-order valence-electron chi connectivity index (χ3n) is 4.60. The minimum absolute atomic E-state index is 0.0799. The molecule has 1 aromatic rings. The Morgan fingerprint density at radius 1 is 0.633 bits per heavy atom. The van der Waals surface area contributed by atoms with Gasteiger partial charge < -0.3 is 0 Å². The van der Waals surface area contributed by atoms with Crippen LogP contribution in [-0.2, 0) is 10.1 Å². The predicted molar refractivity (Wildman–Crippen MR) is 132 cm³/mol. The molecule has 0 radical (unpaired) electrons. The molecule has 0 heterocycles. The van der Waals surface area contributed by atoms with Gasteiger partial charge in [0.15, 0.2) is 0 Å². The standard InChI is InChI=1S/C12H26O3S.C8H14.C6H6/c1-2-3-4-5-6-7-8-9-10-11-12-16(13,14)15;1-3-5-7-8-6-4-2;1-2-4-6-5-3-1/h2-12H2,1H3,(H,13,14,15);1H,4-8H2,2H3;1-6H. The molecule has 1 rings (SSSR count). The Morgan fingerprint density at radius 3 is 1.30 bits per heavy atom. The number of unbranched alkanes of at least 4 members (excludes halogenated alkanes) is 13. The molecule has 30 heavy (non-hydrogen) atoms. The average Bonchev–Trinajstić information content (AvgIpc) is 2.74. The van der Waals surface area contributed by atoms with Crippen molar-refractivity contribution in [3.63, 3.8) is 0 Å². The van der Waals surface area contributed by atoms with Gasteiger partial charge in [-0.15, -0.1) is 12.3 Å². The van der Waals surface area contributed by atoms with Crippen molar-refractivity contribution in [2.75, 3.05) is 5.75 Å². The monoisotopic (exact) mass is 438 g/mol. The molecule has 0 fully saturated rings. The highest BCUT2D eigenvalue weighted by Crippen LogP contribution is 2.10. The van der Waals surface area contributed by atoms with Crippen molar-refractivity contribution in [2.24, 2.45) is 0 Å². The first-order valence-electron chi connectivity index (χ1n) is 11.9. The maximum Gasteiger partial charge on any atom is 0.264 e. The third kappa shape index (κ3) is 34.2. The number of hydrogen-bond acceptors (Lipinski definition) is 2. The van der Waals surface area contributed by atoms with Crippen LogP contribution in [0.4, 0.5) is 0 Å². The topological polar surface area (TPSA) is 54.4 Å². The van der Waals surface area contributed by atoms with Crippen molar-refractivity contribution < 1.29 is 13.0 Å². The molecule has 1 aromatic carbocycles. The summed E-state index contributed by atoms with van der Waals surface area (Å²) in [5.41, 5.74) is 0. The average molecular weight is 439 g/mol. The lowest BCUT2D eigenvalue weighted by atomic mass is 10.1. The van der Waals surface area contributed by atoms with Crippen LogP contribution >= 0.6 is 0 Å². The molecule has 3 nitrogen and oxygen atoms in total. The van der Waals surface area contributed by atoms with E-state index in [1.807, 2.05) is 36.4 Å². The zero-order valence-corrected chi connectivity index (χ0v) is 20.3. The summed E-state index contributed by atoms with van der Waals surface area (Å²) in [4.78, 5) is 0. The Kier molecular flexibility index (Phi) is 26.5. The van der Waals surface area contributed by atoms with Crippen molar-refractivity contribution in [2.45, 2.75) is 110 Å². The van der Waals surface area contributed by atoms with Gasteiger partial charge in [-0.25, -0.2) is 0 Å². The van der Waals surface area contributed by atoms with Crippen LogP contribution in [0.3, 0.4) is 0 Å². The van der Waals surface area contributed by atoms with Crippen molar-refractivity contribution in [1.82, 2.24) is 0 Å². The van der Waals surface area contributed by atoms with E-state index >= 15 is 0 Å². The van der Waals surface area contributed by atoms with Crippen LogP contribution in [0, 0.1) is 12.3 Å². The molecule has 0 atom stereocenters. The Morgan fingerprint density at radius 2 is 0.967 bits per heavy atom. The van der Waals surface area contributed by atoms with Gasteiger partial charge in [-0.05, 0) is 12.8 Å². The summed E-state index contributed by atoms with van der Waals surface area (Å²) in [5.74, 6) is 2.55. The van der Waals surface area contributed by atoms with E-state index in [4.69, 9.17) is 11.0 Å². The van der Waals surface area contributed by atoms with Crippen LogP contribution in [0.1, 0.15) is 110 Å². The highest BCUT2D eigenvalue weighted by Gasteiger charge is 2.02. The molecule has 0 aliphatic rings. The molecule has 1 N–H and O–H groups in total. The SMILES string of the molecule is C#CCCCCCC.CCCCCCCCCCCCS(=O)(=O)O.c1ccccc1. The van der Waals surface area contributed by atoms with Crippen molar-refractivity contribution >= 4 is 10.1 Å². The molecule has 0 bridgehead atoms. The molecule has 0 amide bonds. The maximum absolute atomic E-state index is 10.4. The third-order valence-corrected chi connectivity index (χ3v) is 5.40. The molecule has 0 aliphatic heterocycles. The number of benzene rings is 1. The van der Waals surface area contributed by atoms with Gasteiger partial charge in [-0.2, -0.15) is 8.42 Å². The van der Waals surface area contributed by atoms with Crippen LogP contribution in [0.2, 0.25) is 0 Å². The van der Waals surface area contributed by atoms with Gasteiger partial charge >= 0.3 is 0 Å². The van der Waals surface area contributed by atoms with Gasteiger partial charge in [0.1, 0.15) is 0 Å². The predicted octanol–water partition coefficient (Wildman–Crippen LogP) is 8.07. The van der Waals surface area contributed by atoms with Crippen LogP contribution < -0.4 is 0 Å². The van der Waals surface area contributed by atoms with Gasteiger partial charge in [-0.3, -0.25) is 4.55 Å². The lowest BCUT2D eigenvalue weighted by Crippen LogP contribution is -2.03. The normalized spacial score (nSPS) is 10.2. The molecule has 4 heteroatoms. The Hall–Kier alpha value is -1.31. The number of terminal acetylenes is 1. The first kappa shape index (κ1) is 30.9. The zero-order valence-electron chi connectivity index (χ0n) is 19.5. The first-order chi connectivity index (χ1) is 14.5. The highest BCUT2D eigenvalue weighted by atomic mass is 32.2. The summed E-state index contributed by atoms with van der Waals surface area (Å²) < 4.78 is 29.4. The van der Waals surface area contributed by atoms with E-state index < -0.39 is 10.1 Å². The molecule has 0 spiro atoms. The summed E-state index contributed by atoms with van der Waals surface area (Å²) in [6.07, 6.45) is 22.8. The van der Waals surface area contributed by atoms with E-state index in [0.29, 0.717) is 6.42 Å². The molecular formula is C26H46O3S. The van der Waals surface area contributed by atoms with E-state index in [9.17, 15) is 8.42 Å². The molecule has 174 valence electrons. The van der Waals surface area contributed by atoms with E-state index in [1.54, 1.807) is 0 Å². The Labute approximate surface area is 187 Å². The second kappa shape index (κ2) is 25.7. The second-order valence-corrected chi connectivity index (χ2v) is 9.21. The van der Waals surface area contributed by atoms with E-state index in [1.165, 1.54) is 70.6 Å². The lowest BCUT2D eigenvalue weighted by Gasteiger charge is -2.01. The molecule has 0 aromatic heterocycles. The number of hydrogen-bond donors (Lipinski definition) is 1. The van der Waals surface area contributed by atoms with Crippen molar-refractivity contribution in [1.29, 1.82) is 0 Å². The van der Waals surface area contributed by atoms with Crippen molar-refractivity contribution in [3.05, 3.63) is 36.4 Å². The van der Waals surface area contributed by atoms with Crippen LogP contribution in [0.25, 0.3) is 0 Å². The molecule has 0 saturated heterocycles. The molecule has 0 unspecified atom stereocenters. The zero-order chi connectivity index (χ0) is 22.8. The quantitative estimate of drug-likeness (QED) is 0.171. The minimum atomic E-state index is -3.73. The van der Waals surface area contributed by atoms with Crippen LogP contribution in [0.15, 0.2) is 36.4 Å². The second-order valence-electron chi connectivity index (χ2n) is 7.64. The minimum Gasteiger partial charge on any atom is -0.286 e. The van der Waals surface area contributed by atoms with E-state index in [0.717, 1.165) is 19.3 Å². The fourth-order valence-electron chi connectivity index (χ4n) is 2.81. The summed E-state index contributed by atoms with van der Waals surface area (Å²) >= 11 is 0. The summed E-state index contributed by atoms with van der Waals surface area (Å²) in [7, 11) is -3.73. The van der Waals surface area contributed by atoms with Gasteiger partial charge in [0.2, 0.25) is 0 Å². The summed E-state index contributed by atoms with van der Waals surface area (Å²) in [6, 6.07) is 12.0. The van der Waals surface area contributed by atoms with Gasteiger partial charge in [0.05, 0.1) is 5.75 Å². The molecular weight excluding hydrogens is 392 g/mol. The fraction of sp³-hybridized carbons (Fsp3) is 0.692. The smallest absolute Gasteiger partial charge is 0.264 e. The Bertz CT molecular complexity index is 535. The van der Waals surface area contributed by atoms with E-state index in [-0.39, 0.29) is 5.75 Å². The van der Waals surface area contributed by atoms with Gasteiger partial charge in [0, 0.05) is 6.42 Å². The number of rotatable bonds is 15. The van der Waals surface area contributed by atoms with Crippen LogP contribution in [-0.4, -0.2) is 18.7 Å². The van der Waals surface area contributed by atoms with Crippen molar-refractivity contribution in [3.8, 4) is 12.3 Å². The molecule has 0 saturated carbocycles. The maximum atomic E-state index is 10.4. The Balaban J connectivity index is 0. The highest BCUT2D eigenvalue weighted by molar-refractivity contribution is 7.85. The fourth-order valence-corrected chi connectivity index (χ4v) is 3.38. The van der Waals surface area contributed by atoms with Gasteiger partial charge in [-0.1, -0.05) is 127 Å². The molecule has 0 aliphatic carbocycles.